The van der Waals surface area contributed by atoms with E-state index in [9.17, 15) is 9.59 Å². The SMILES string of the molecule is COc1ccc(C)cc1NC(=O)COC(=O)c1cc(Cl)c(N)cc1OC. The highest BCUT2D eigenvalue weighted by molar-refractivity contribution is 6.33. The molecule has 0 spiro atoms. The molecule has 0 atom stereocenters. The number of esters is 1. The van der Waals surface area contributed by atoms with Crippen molar-refractivity contribution in [2.45, 2.75) is 6.92 Å². The van der Waals surface area contributed by atoms with Crippen LogP contribution in [0.5, 0.6) is 11.5 Å². The Morgan fingerprint density at radius 1 is 1.12 bits per heavy atom. The first-order valence-corrected chi connectivity index (χ1v) is 7.98. The number of carbonyl (C=O) groups excluding carboxylic acids is 2. The summed E-state index contributed by atoms with van der Waals surface area (Å²) in [6.45, 7) is 1.40. The van der Waals surface area contributed by atoms with Gasteiger partial charge in [0.25, 0.3) is 5.91 Å². The second-order valence-corrected chi connectivity index (χ2v) is 5.81. The van der Waals surface area contributed by atoms with E-state index in [-0.39, 0.29) is 22.0 Å². The molecule has 7 nitrogen and oxygen atoms in total. The highest BCUT2D eigenvalue weighted by Gasteiger charge is 2.18. The van der Waals surface area contributed by atoms with Crippen LogP contribution in [-0.4, -0.2) is 32.7 Å². The number of methoxy groups -OCH3 is 2. The van der Waals surface area contributed by atoms with Gasteiger partial charge in [-0.2, -0.15) is 0 Å². The van der Waals surface area contributed by atoms with E-state index in [0.29, 0.717) is 11.4 Å². The third kappa shape index (κ3) is 4.58. The number of aryl methyl sites for hydroxylation is 1. The van der Waals surface area contributed by atoms with Crippen molar-refractivity contribution < 1.29 is 23.8 Å². The van der Waals surface area contributed by atoms with Gasteiger partial charge < -0.3 is 25.3 Å². The molecule has 0 bridgehead atoms. The van der Waals surface area contributed by atoms with Crippen molar-refractivity contribution in [2.75, 3.05) is 31.9 Å². The second-order valence-electron chi connectivity index (χ2n) is 5.40. The first-order chi connectivity index (χ1) is 12.3. The molecule has 0 aliphatic rings. The van der Waals surface area contributed by atoms with Crippen molar-refractivity contribution >= 4 is 34.9 Å². The molecule has 3 N–H and O–H groups in total. The average Bonchev–Trinajstić information content (AvgIpc) is 2.61. The van der Waals surface area contributed by atoms with Crippen molar-refractivity contribution in [3.05, 3.63) is 46.5 Å². The first kappa shape index (κ1) is 19.4. The standard InChI is InChI=1S/C18H19ClN2O5/c1-10-4-5-15(24-2)14(6-10)21-17(22)9-26-18(23)11-7-12(19)13(20)8-16(11)25-3/h4-8H,9,20H2,1-3H3,(H,21,22). The number of carbonyl (C=O) groups is 2. The Balaban J connectivity index is 2.05. The van der Waals surface area contributed by atoms with Gasteiger partial charge in [-0.15, -0.1) is 0 Å². The molecule has 2 rings (SSSR count). The van der Waals surface area contributed by atoms with E-state index in [0.717, 1.165) is 5.56 Å². The predicted octanol–water partition coefficient (Wildman–Crippen LogP) is 3.04. The Labute approximate surface area is 156 Å². The van der Waals surface area contributed by atoms with Gasteiger partial charge in [-0.3, -0.25) is 4.79 Å². The third-order valence-corrected chi connectivity index (χ3v) is 3.83. The maximum Gasteiger partial charge on any atom is 0.342 e. The molecular formula is C18H19ClN2O5. The molecule has 26 heavy (non-hydrogen) atoms. The van der Waals surface area contributed by atoms with Crippen molar-refractivity contribution in [1.82, 2.24) is 0 Å². The summed E-state index contributed by atoms with van der Waals surface area (Å²) < 4.78 is 15.3. The normalized spacial score (nSPS) is 10.2. The lowest BCUT2D eigenvalue weighted by Crippen LogP contribution is -2.21. The zero-order valence-electron chi connectivity index (χ0n) is 14.6. The second kappa shape index (κ2) is 8.44. The molecule has 2 aromatic carbocycles. The van der Waals surface area contributed by atoms with E-state index in [4.69, 9.17) is 31.5 Å². The molecule has 138 valence electrons. The van der Waals surface area contributed by atoms with Gasteiger partial charge in [-0.1, -0.05) is 17.7 Å². The van der Waals surface area contributed by atoms with E-state index in [2.05, 4.69) is 5.32 Å². The Morgan fingerprint density at radius 2 is 1.81 bits per heavy atom. The zero-order chi connectivity index (χ0) is 19.3. The molecule has 0 saturated heterocycles. The number of amides is 1. The lowest BCUT2D eigenvalue weighted by atomic mass is 10.2. The van der Waals surface area contributed by atoms with Gasteiger partial charge in [0.15, 0.2) is 6.61 Å². The summed E-state index contributed by atoms with van der Waals surface area (Å²) in [6.07, 6.45) is 0. The smallest absolute Gasteiger partial charge is 0.342 e. The van der Waals surface area contributed by atoms with Crippen molar-refractivity contribution in [3.63, 3.8) is 0 Å². The maximum atomic E-state index is 12.2. The number of benzene rings is 2. The van der Waals surface area contributed by atoms with Crippen LogP contribution in [0.3, 0.4) is 0 Å². The van der Waals surface area contributed by atoms with E-state index >= 15 is 0 Å². The molecular weight excluding hydrogens is 360 g/mol. The monoisotopic (exact) mass is 378 g/mol. The Hall–Kier alpha value is -2.93. The summed E-state index contributed by atoms with van der Waals surface area (Å²) in [4.78, 5) is 24.3. The number of hydrogen-bond donors (Lipinski definition) is 2. The largest absolute Gasteiger partial charge is 0.496 e. The lowest BCUT2D eigenvalue weighted by Gasteiger charge is -2.12. The number of nitrogens with two attached hydrogens (primary N) is 1. The van der Waals surface area contributed by atoms with Gasteiger partial charge in [-0.05, 0) is 30.7 Å². The number of halogens is 1. The van der Waals surface area contributed by atoms with Crippen molar-refractivity contribution in [2.24, 2.45) is 0 Å². The van der Waals surface area contributed by atoms with E-state index in [1.54, 1.807) is 12.1 Å². The number of nitrogen functional groups attached to an aromatic ring is 1. The summed E-state index contributed by atoms with van der Waals surface area (Å²) in [5, 5.41) is 2.83. The summed E-state index contributed by atoms with van der Waals surface area (Å²) in [5.74, 6) is -0.558. The van der Waals surface area contributed by atoms with E-state index in [1.165, 1.54) is 26.4 Å². The highest BCUT2D eigenvalue weighted by atomic mass is 35.5. The average molecular weight is 379 g/mol. The Bertz CT molecular complexity index is 839. The van der Waals surface area contributed by atoms with Crippen LogP contribution in [-0.2, 0) is 9.53 Å². The van der Waals surface area contributed by atoms with E-state index < -0.39 is 18.5 Å². The Morgan fingerprint density at radius 3 is 2.46 bits per heavy atom. The summed E-state index contributed by atoms with van der Waals surface area (Å²) in [6, 6.07) is 8.08. The van der Waals surface area contributed by atoms with Crippen molar-refractivity contribution in [3.8, 4) is 11.5 Å². The van der Waals surface area contributed by atoms with Gasteiger partial charge in [0.1, 0.15) is 17.1 Å². The highest BCUT2D eigenvalue weighted by Crippen LogP contribution is 2.29. The minimum atomic E-state index is -0.755. The number of ether oxygens (including phenoxy) is 3. The predicted molar refractivity (Wildman–Crippen MR) is 99.1 cm³/mol. The summed E-state index contributed by atoms with van der Waals surface area (Å²) >= 11 is 5.92. The topological polar surface area (TPSA) is 99.9 Å². The molecule has 0 saturated carbocycles. The van der Waals surface area contributed by atoms with Crippen LogP contribution in [0.15, 0.2) is 30.3 Å². The molecule has 0 radical (unpaired) electrons. The fourth-order valence-electron chi connectivity index (χ4n) is 2.21. The molecule has 2 aromatic rings. The van der Waals surface area contributed by atoms with E-state index in [1.807, 2.05) is 13.0 Å². The molecule has 0 aliphatic carbocycles. The molecule has 0 heterocycles. The Kier molecular flexibility index (Phi) is 6.30. The maximum absolute atomic E-state index is 12.2. The molecule has 0 aliphatic heterocycles. The van der Waals surface area contributed by atoms with Gasteiger partial charge in [0.05, 0.1) is 30.6 Å². The van der Waals surface area contributed by atoms with Crippen LogP contribution in [0.25, 0.3) is 0 Å². The fourth-order valence-corrected chi connectivity index (χ4v) is 2.38. The minimum Gasteiger partial charge on any atom is -0.496 e. The van der Waals surface area contributed by atoms with Crippen LogP contribution in [0.4, 0.5) is 11.4 Å². The molecule has 8 heteroatoms. The third-order valence-electron chi connectivity index (χ3n) is 3.50. The molecule has 0 fully saturated rings. The zero-order valence-corrected chi connectivity index (χ0v) is 15.3. The molecule has 1 amide bonds. The van der Waals surface area contributed by atoms with Crippen LogP contribution < -0.4 is 20.5 Å². The van der Waals surface area contributed by atoms with Gasteiger partial charge in [-0.25, -0.2) is 4.79 Å². The van der Waals surface area contributed by atoms with Gasteiger partial charge in [0.2, 0.25) is 0 Å². The summed E-state index contributed by atoms with van der Waals surface area (Å²) in [7, 11) is 2.88. The summed E-state index contributed by atoms with van der Waals surface area (Å²) in [5.41, 5.74) is 7.45. The number of nitrogens with one attached hydrogen (secondary N) is 1. The van der Waals surface area contributed by atoms with Crippen LogP contribution in [0.2, 0.25) is 5.02 Å². The van der Waals surface area contributed by atoms with Gasteiger partial charge >= 0.3 is 5.97 Å². The first-order valence-electron chi connectivity index (χ1n) is 7.60. The lowest BCUT2D eigenvalue weighted by molar-refractivity contribution is -0.119. The van der Waals surface area contributed by atoms with Crippen molar-refractivity contribution in [1.29, 1.82) is 0 Å². The minimum absolute atomic E-state index is 0.0765. The van der Waals surface area contributed by atoms with Crippen LogP contribution in [0.1, 0.15) is 15.9 Å². The van der Waals surface area contributed by atoms with Crippen LogP contribution >= 0.6 is 11.6 Å². The van der Waals surface area contributed by atoms with Gasteiger partial charge in [0, 0.05) is 6.07 Å². The number of hydrogen-bond acceptors (Lipinski definition) is 6. The quantitative estimate of drug-likeness (QED) is 0.592. The fraction of sp³-hybridized carbons (Fsp3) is 0.222. The van der Waals surface area contributed by atoms with Crippen LogP contribution in [0, 0.1) is 6.92 Å². The molecule has 0 unspecified atom stereocenters. The number of rotatable bonds is 6. The molecule has 0 aromatic heterocycles. The number of anilines is 2.